The quantitative estimate of drug-likeness (QED) is 0.0452. The zero-order chi connectivity index (χ0) is 44.5. The molecule has 5 N–H and O–H groups in total. The van der Waals surface area contributed by atoms with Crippen LogP contribution in [0.2, 0.25) is 0 Å². The summed E-state index contributed by atoms with van der Waals surface area (Å²) in [7, 11) is 11.8. The first-order valence-electron chi connectivity index (χ1n) is 19.4. The fourth-order valence-corrected chi connectivity index (χ4v) is 7.12. The Morgan fingerprint density at radius 2 is 1.26 bits per heavy atom. The van der Waals surface area contributed by atoms with Crippen LogP contribution in [0.15, 0.2) is 90.0 Å². The molecule has 1 amide bonds. The van der Waals surface area contributed by atoms with E-state index in [9.17, 15) is 9.59 Å². The molecule has 3 aromatic heterocycles. The van der Waals surface area contributed by atoms with Crippen molar-refractivity contribution in [2.75, 3.05) is 40.9 Å². The Morgan fingerprint density at radius 3 is 1.79 bits per heavy atom. The van der Waals surface area contributed by atoms with Gasteiger partial charge in [0.2, 0.25) is 0 Å². The van der Waals surface area contributed by atoms with Gasteiger partial charge in [0.05, 0.1) is 52.4 Å². The number of hydrazine groups is 1. The summed E-state index contributed by atoms with van der Waals surface area (Å²) in [6.07, 6.45) is 3.42. The smallest absolute Gasteiger partial charge is 0.421 e. The number of anilines is 1. The average molecular weight is 851 g/mol. The molecule has 16 heteroatoms. The molecule has 0 bridgehead atoms. The Hall–Kier alpha value is -6.78. The van der Waals surface area contributed by atoms with Gasteiger partial charge in [-0.05, 0) is 83.6 Å². The lowest BCUT2D eigenvalue weighted by Crippen LogP contribution is -2.29. The standard InChI is InChI=1S/C22H24N4O3.C21H24N2O2S.C2H6N2O2/c1-13(2)16-11-17(20(29-5)12-19(16)28-4)21-23-24-22(27)26(21)15-6-7-18-14(10-15)8-9-25(18)3;1-13(2)16-11-17(20(25-5)12-19(16)24-4)21(26)22-15-6-7-18-14(10-15)8-9-23(18)3;1-6-2(5)4-3/h6-13H,1-5H3,(H,24,27);6-13H,1-5H3,(H,22,26);3H2,1H3,(H,4,5). The molecule has 4 aromatic carbocycles. The van der Waals surface area contributed by atoms with Crippen molar-refractivity contribution in [2.45, 2.75) is 39.5 Å². The van der Waals surface area contributed by atoms with Crippen LogP contribution in [-0.4, -0.2) is 70.5 Å². The van der Waals surface area contributed by atoms with Crippen molar-refractivity contribution < 1.29 is 28.5 Å². The molecule has 15 nitrogen and oxygen atoms in total. The molecule has 3 heterocycles. The SMILES string of the molecule is COC(=O)NN.COc1cc(OC)c(C(C)C)cc1-c1n[nH]c(=O)n1-c1ccc2c(ccn2C)c1.COc1cc(OC)c(C(C)C)cc1C(=S)Nc1ccc2c(ccn2C)c1. The zero-order valence-corrected chi connectivity index (χ0v) is 37.2. The highest BCUT2D eigenvalue weighted by Crippen LogP contribution is 2.39. The highest BCUT2D eigenvalue weighted by Gasteiger charge is 2.22. The van der Waals surface area contributed by atoms with Gasteiger partial charge in [0.25, 0.3) is 0 Å². The maximum atomic E-state index is 12.7. The van der Waals surface area contributed by atoms with Crippen LogP contribution in [0.3, 0.4) is 0 Å². The number of methoxy groups -OCH3 is 5. The van der Waals surface area contributed by atoms with E-state index in [1.807, 2.05) is 79.6 Å². The third-order valence-electron chi connectivity index (χ3n) is 10.1. The lowest BCUT2D eigenvalue weighted by molar-refractivity contribution is 0.171. The van der Waals surface area contributed by atoms with Crippen LogP contribution < -0.4 is 41.2 Å². The number of ether oxygens (including phenoxy) is 5. The van der Waals surface area contributed by atoms with Gasteiger partial charge < -0.3 is 38.1 Å². The molecule has 0 atom stereocenters. The summed E-state index contributed by atoms with van der Waals surface area (Å²) in [5.74, 6) is 8.45. The van der Waals surface area contributed by atoms with Crippen LogP contribution in [0.25, 0.3) is 38.9 Å². The Bertz CT molecular complexity index is 2710. The summed E-state index contributed by atoms with van der Waals surface area (Å²) in [4.78, 5) is 23.0. The van der Waals surface area contributed by atoms with Gasteiger partial charge in [-0.15, -0.1) is 0 Å². The normalized spacial score (nSPS) is 10.8. The highest BCUT2D eigenvalue weighted by molar-refractivity contribution is 7.81. The number of thiocarbonyl (C=S) groups is 1. The third-order valence-corrected chi connectivity index (χ3v) is 10.4. The number of nitrogens with one attached hydrogen (secondary N) is 3. The number of carbonyl (C=O) groups is 1. The first-order valence-corrected chi connectivity index (χ1v) is 19.8. The van der Waals surface area contributed by atoms with E-state index in [4.69, 9.17) is 31.2 Å². The minimum Gasteiger partial charge on any atom is -0.496 e. The van der Waals surface area contributed by atoms with Gasteiger partial charge in [0.1, 0.15) is 28.0 Å². The lowest BCUT2D eigenvalue weighted by atomic mass is 9.98. The van der Waals surface area contributed by atoms with E-state index in [2.05, 4.69) is 82.6 Å². The van der Waals surface area contributed by atoms with Gasteiger partial charge in [0, 0.05) is 66.1 Å². The lowest BCUT2D eigenvalue weighted by Gasteiger charge is -2.18. The number of H-pyrrole nitrogens is 1. The van der Waals surface area contributed by atoms with Crippen LogP contribution in [0.1, 0.15) is 56.2 Å². The maximum Gasteiger partial charge on any atom is 0.421 e. The third kappa shape index (κ3) is 9.99. The van der Waals surface area contributed by atoms with E-state index in [1.54, 1.807) is 38.4 Å². The number of rotatable bonds is 10. The first-order chi connectivity index (χ1) is 29.2. The maximum absolute atomic E-state index is 12.7. The summed E-state index contributed by atoms with van der Waals surface area (Å²) in [6.45, 7) is 8.45. The van der Waals surface area contributed by atoms with E-state index in [0.29, 0.717) is 28.2 Å². The largest absolute Gasteiger partial charge is 0.496 e. The second kappa shape index (κ2) is 20.0. The van der Waals surface area contributed by atoms with Crippen LogP contribution in [-0.2, 0) is 18.8 Å². The van der Waals surface area contributed by atoms with Crippen molar-refractivity contribution in [2.24, 2.45) is 19.9 Å². The highest BCUT2D eigenvalue weighted by atomic mass is 32.1. The molecule has 7 aromatic rings. The molecule has 0 aliphatic rings. The van der Waals surface area contributed by atoms with Gasteiger partial charge in [-0.3, -0.25) is 5.43 Å². The van der Waals surface area contributed by atoms with Crippen molar-refractivity contribution in [1.82, 2.24) is 29.3 Å². The van der Waals surface area contributed by atoms with Gasteiger partial charge in [-0.25, -0.2) is 25.1 Å². The predicted molar refractivity (Wildman–Crippen MR) is 245 cm³/mol. The van der Waals surface area contributed by atoms with E-state index in [-0.39, 0.29) is 11.6 Å². The monoisotopic (exact) mass is 850 g/mol. The van der Waals surface area contributed by atoms with E-state index in [1.165, 1.54) is 18.0 Å². The molecule has 0 aliphatic heterocycles. The molecule has 0 saturated carbocycles. The number of hydrogen-bond acceptors (Lipinski definition) is 10. The number of aromatic amines is 1. The Kier molecular flexibility index (Phi) is 14.8. The Morgan fingerprint density at radius 1 is 0.721 bits per heavy atom. The topological polar surface area (TPSA) is 174 Å². The van der Waals surface area contributed by atoms with E-state index < -0.39 is 6.09 Å². The molecule has 0 aliphatic carbocycles. The van der Waals surface area contributed by atoms with Gasteiger partial charge in [0.15, 0.2) is 5.82 Å². The molecule has 61 heavy (non-hydrogen) atoms. The number of amides is 1. The summed E-state index contributed by atoms with van der Waals surface area (Å²) < 4.78 is 31.9. The van der Waals surface area contributed by atoms with Crippen molar-refractivity contribution >= 4 is 50.8 Å². The predicted octanol–water partition coefficient (Wildman–Crippen LogP) is 8.18. The fourth-order valence-electron chi connectivity index (χ4n) is 6.84. The van der Waals surface area contributed by atoms with Crippen molar-refractivity contribution in [3.8, 4) is 40.1 Å². The Labute approximate surface area is 360 Å². The molecule has 322 valence electrons. The number of aryl methyl sites for hydroxylation is 2. The second-order valence-electron chi connectivity index (χ2n) is 14.5. The minimum absolute atomic E-state index is 0.231. The average Bonchev–Trinajstić information content (AvgIpc) is 3.97. The molecule has 0 unspecified atom stereocenters. The molecule has 0 saturated heterocycles. The summed E-state index contributed by atoms with van der Waals surface area (Å²) >= 11 is 5.67. The summed E-state index contributed by atoms with van der Waals surface area (Å²) in [5, 5.41) is 12.5. The number of hydrogen-bond donors (Lipinski definition) is 4. The van der Waals surface area contributed by atoms with Gasteiger partial charge in [-0.2, -0.15) is 5.10 Å². The van der Waals surface area contributed by atoms with Crippen LogP contribution in [0.5, 0.6) is 23.0 Å². The van der Waals surface area contributed by atoms with Crippen LogP contribution in [0.4, 0.5) is 10.5 Å². The van der Waals surface area contributed by atoms with Crippen LogP contribution >= 0.6 is 12.2 Å². The van der Waals surface area contributed by atoms with Crippen molar-refractivity contribution in [3.05, 3.63) is 112 Å². The van der Waals surface area contributed by atoms with E-state index >= 15 is 0 Å². The first kappa shape index (κ1) is 45.3. The molecular weight excluding hydrogens is 797 g/mol. The second-order valence-corrected chi connectivity index (χ2v) is 15.0. The minimum atomic E-state index is -0.630. The Balaban J connectivity index is 0.000000205. The number of carbonyl (C=O) groups excluding carboxylic acids is 1. The fraction of sp³-hybridized carbons (Fsp3) is 0.289. The van der Waals surface area contributed by atoms with Gasteiger partial charge >= 0.3 is 11.8 Å². The van der Waals surface area contributed by atoms with Gasteiger partial charge in [-0.1, -0.05) is 39.9 Å². The number of nitrogens with two attached hydrogens (primary N) is 1. The summed E-state index contributed by atoms with van der Waals surface area (Å²) in [5.41, 5.74) is 9.13. The van der Waals surface area contributed by atoms with E-state index in [0.717, 1.165) is 56.0 Å². The zero-order valence-electron chi connectivity index (χ0n) is 36.4. The number of fused-ring (bicyclic) bond motifs is 2. The number of aromatic nitrogens is 5. The van der Waals surface area contributed by atoms with Crippen LogP contribution in [0, 0.1) is 0 Å². The molecule has 0 radical (unpaired) electrons. The summed E-state index contributed by atoms with van der Waals surface area (Å²) in [6, 6.07) is 24.0. The molecular formula is C45H54N8O7S. The molecule has 7 rings (SSSR count). The number of benzene rings is 4. The van der Waals surface area contributed by atoms with Crippen molar-refractivity contribution in [3.63, 3.8) is 0 Å². The molecule has 0 spiro atoms. The number of nitrogens with zero attached hydrogens (tertiary/aromatic N) is 4. The van der Waals surface area contributed by atoms with Crippen molar-refractivity contribution in [1.29, 1.82) is 0 Å². The molecule has 0 fully saturated rings.